The van der Waals surface area contributed by atoms with Crippen molar-refractivity contribution in [3.63, 3.8) is 0 Å². The van der Waals surface area contributed by atoms with Crippen LogP contribution in [-0.2, 0) is 0 Å². The van der Waals surface area contributed by atoms with Gasteiger partial charge in [0.2, 0.25) is 5.88 Å². The van der Waals surface area contributed by atoms with Crippen molar-refractivity contribution in [1.29, 1.82) is 0 Å². The minimum Gasteiger partial charge on any atom is -0.466 e. The van der Waals surface area contributed by atoms with Crippen molar-refractivity contribution >= 4 is 11.0 Å². The highest BCUT2D eigenvalue weighted by Crippen LogP contribution is 2.28. The van der Waals surface area contributed by atoms with Crippen LogP contribution in [0, 0.1) is 13.8 Å². The lowest BCUT2D eigenvalue weighted by atomic mass is 10.1. The topological polar surface area (TPSA) is 72.8 Å². The summed E-state index contributed by atoms with van der Waals surface area (Å²) in [4.78, 5) is 19.0. The molecule has 0 unspecified atom stereocenters. The molecule has 0 aliphatic heterocycles. The minimum absolute atomic E-state index is 0.0983. The van der Waals surface area contributed by atoms with E-state index in [2.05, 4.69) is 15.1 Å². The second-order valence-electron chi connectivity index (χ2n) is 6.09. The Balaban J connectivity index is 2.12. The normalized spacial score (nSPS) is 13.2. The smallest absolute Gasteiger partial charge is 0.422 e. The van der Waals surface area contributed by atoms with Crippen molar-refractivity contribution in [2.75, 3.05) is 6.61 Å². The van der Waals surface area contributed by atoms with Crippen LogP contribution in [0.5, 0.6) is 5.88 Å². The molecule has 6 nitrogen and oxygen atoms in total. The van der Waals surface area contributed by atoms with E-state index >= 15 is 0 Å². The summed E-state index contributed by atoms with van der Waals surface area (Å²) in [6, 6.07) is 7.27. The summed E-state index contributed by atoms with van der Waals surface area (Å²) in [7, 11) is 0. The molecule has 1 N–H and O–H groups in total. The van der Waals surface area contributed by atoms with Gasteiger partial charge in [0.1, 0.15) is 11.2 Å². The maximum absolute atomic E-state index is 12.5. The van der Waals surface area contributed by atoms with Gasteiger partial charge in [0.25, 0.3) is 5.56 Å². The number of hydrogen-bond acceptors (Lipinski definition) is 4. The third kappa shape index (κ3) is 3.56. The van der Waals surface area contributed by atoms with Gasteiger partial charge in [0.15, 0.2) is 12.3 Å². The van der Waals surface area contributed by atoms with Crippen LogP contribution in [0.15, 0.2) is 29.1 Å². The predicted octanol–water partition coefficient (Wildman–Crippen LogP) is 3.29. The van der Waals surface area contributed by atoms with Crippen LogP contribution in [0.2, 0.25) is 0 Å². The Kier molecular flexibility index (Phi) is 4.47. The Morgan fingerprint density at radius 2 is 1.88 bits per heavy atom. The lowest BCUT2D eigenvalue weighted by Gasteiger charge is -2.13. The number of halogens is 3. The summed E-state index contributed by atoms with van der Waals surface area (Å²) in [6.45, 7) is 3.82. The zero-order valence-electron chi connectivity index (χ0n) is 14.4. The highest BCUT2D eigenvalue weighted by Gasteiger charge is 2.30. The van der Waals surface area contributed by atoms with Gasteiger partial charge in [-0.1, -0.05) is 29.8 Å². The number of hydrogen-bond donors (Lipinski definition) is 1. The molecule has 0 saturated carbocycles. The molecule has 9 heteroatoms. The van der Waals surface area contributed by atoms with Crippen LogP contribution in [0.25, 0.3) is 11.0 Å². The molecule has 0 amide bonds. The molecule has 0 fully saturated rings. The Labute approximate surface area is 146 Å². The molecule has 0 radical (unpaired) electrons. The van der Waals surface area contributed by atoms with Gasteiger partial charge >= 0.3 is 6.18 Å². The van der Waals surface area contributed by atoms with E-state index < -0.39 is 18.3 Å². The second kappa shape index (κ2) is 6.47. The van der Waals surface area contributed by atoms with Crippen LogP contribution in [0.4, 0.5) is 13.2 Å². The number of alkyl halides is 3. The third-order valence-corrected chi connectivity index (χ3v) is 3.95. The molecular weight excluding hydrogens is 349 g/mol. The largest absolute Gasteiger partial charge is 0.466 e. The zero-order valence-corrected chi connectivity index (χ0v) is 14.4. The van der Waals surface area contributed by atoms with Gasteiger partial charge in [0.05, 0.1) is 6.04 Å². The van der Waals surface area contributed by atoms with Gasteiger partial charge in [0, 0.05) is 0 Å². The van der Waals surface area contributed by atoms with E-state index in [9.17, 15) is 18.0 Å². The first-order chi connectivity index (χ1) is 12.2. The molecule has 3 rings (SSSR count). The number of ether oxygens (including phenoxy) is 1. The first-order valence-electron chi connectivity index (χ1n) is 7.91. The van der Waals surface area contributed by atoms with E-state index in [1.165, 1.54) is 4.68 Å². The van der Waals surface area contributed by atoms with Gasteiger partial charge in [-0.15, -0.1) is 5.10 Å². The summed E-state index contributed by atoms with van der Waals surface area (Å²) in [5.74, 6) is -0.0489. The van der Waals surface area contributed by atoms with Gasteiger partial charge in [-0.25, -0.2) is 9.67 Å². The molecule has 26 heavy (non-hydrogen) atoms. The number of nitrogens with zero attached hydrogens (tertiary/aromatic N) is 3. The molecular formula is C17H17F3N4O2. The molecule has 0 aliphatic rings. The minimum atomic E-state index is -4.54. The molecule has 1 atom stereocenters. The molecule has 3 aromatic rings. The summed E-state index contributed by atoms with van der Waals surface area (Å²) in [5.41, 5.74) is 1.54. The lowest BCUT2D eigenvalue weighted by Crippen LogP contribution is -2.20. The van der Waals surface area contributed by atoms with E-state index in [0.29, 0.717) is 5.82 Å². The molecule has 138 valence electrons. The highest BCUT2D eigenvalue weighted by molar-refractivity contribution is 5.80. The fourth-order valence-corrected chi connectivity index (χ4v) is 2.63. The van der Waals surface area contributed by atoms with E-state index in [-0.39, 0.29) is 23.0 Å². The number of fused-ring (bicyclic) bond motifs is 1. The number of benzene rings is 1. The summed E-state index contributed by atoms with van der Waals surface area (Å²) < 4.78 is 43.7. The van der Waals surface area contributed by atoms with Crippen molar-refractivity contribution in [3.05, 3.63) is 51.6 Å². The number of nitrogens with one attached hydrogen (secondary N) is 1. The predicted molar refractivity (Wildman–Crippen MR) is 89.4 cm³/mol. The maximum Gasteiger partial charge on any atom is 0.422 e. The Hall–Kier alpha value is -2.84. The Morgan fingerprint density at radius 1 is 1.23 bits per heavy atom. The van der Waals surface area contributed by atoms with Crippen LogP contribution >= 0.6 is 0 Å². The fourth-order valence-electron chi connectivity index (χ4n) is 2.63. The van der Waals surface area contributed by atoms with Crippen LogP contribution in [-0.4, -0.2) is 32.5 Å². The SMILES string of the molecule is Cc1ccc([C@@H](C)n2nc(OCC(F)(F)F)c3c(=O)[nH]c(C)nc32)cc1. The molecule has 2 heterocycles. The molecule has 0 bridgehead atoms. The van der Waals surface area contributed by atoms with Gasteiger partial charge in [-0.05, 0) is 26.3 Å². The molecule has 2 aromatic heterocycles. The van der Waals surface area contributed by atoms with E-state index in [1.807, 2.05) is 38.1 Å². The zero-order chi connectivity index (χ0) is 19.1. The summed E-state index contributed by atoms with van der Waals surface area (Å²) in [6.07, 6.45) is -4.54. The number of aromatic amines is 1. The van der Waals surface area contributed by atoms with E-state index in [4.69, 9.17) is 4.74 Å². The Bertz CT molecular complexity index is 990. The van der Waals surface area contributed by atoms with Crippen LogP contribution in [0.1, 0.15) is 29.9 Å². The number of aromatic nitrogens is 4. The highest BCUT2D eigenvalue weighted by atomic mass is 19.4. The molecule has 0 spiro atoms. The number of rotatable bonds is 4. The quantitative estimate of drug-likeness (QED) is 0.769. The second-order valence-corrected chi connectivity index (χ2v) is 6.09. The maximum atomic E-state index is 12.5. The van der Waals surface area contributed by atoms with Gasteiger partial charge < -0.3 is 9.72 Å². The van der Waals surface area contributed by atoms with Gasteiger partial charge in [-0.2, -0.15) is 13.2 Å². The average molecular weight is 366 g/mol. The van der Waals surface area contributed by atoms with E-state index in [1.54, 1.807) is 6.92 Å². The van der Waals surface area contributed by atoms with Crippen molar-refractivity contribution in [1.82, 2.24) is 19.7 Å². The van der Waals surface area contributed by atoms with Crippen molar-refractivity contribution in [2.24, 2.45) is 0 Å². The number of aryl methyl sites for hydroxylation is 2. The van der Waals surface area contributed by atoms with Crippen molar-refractivity contribution < 1.29 is 17.9 Å². The van der Waals surface area contributed by atoms with Crippen molar-refractivity contribution in [2.45, 2.75) is 33.0 Å². The first kappa shape index (κ1) is 18.0. The molecule has 0 aliphatic carbocycles. The molecule has 1 aromatic carbocycles. The summed E-state index contributed by atoms with van der Waals surface area (Å²) in [5, 5.41) is 4.01. The standard InChI is InChI=1S/C17H17F3N4O2/c1-9-4-6-12(7-5-9)10(2)24-14-13(15(25)22-11(3)21-14)16(23-24)26-8-17(18,19)20/h4-7,10H,8H2,1-3H3,(H,21,22,25)/t10-/m1/s1. The Morgan fingerprint density at radius 3 is 2.50 bits per heavy atom. The molecule has 0 saturated heterocycles. The number of H-pyrrole nitrogens is 1. The van der Waals surface area contributed by atoms with E-state index in [0.717, 1.165) is 11.1 Å². The van der Waals surface area contributed by atoms with Crippen LogP contribution < -0.4 is 10.3 Å². The lowest BCUT2D eigenvalue weighted by molar-refractivity contribution is -0.153. The first-order valence-corrected chi connectivity index (χ1v) is 7.91. The summed E-state index contributed by atoms with van der Waals surface area (Å²) >= 11 is 0. The van der Waals surface area contributed by atoms with Gasteiger partial charge in [-0.3, -0.25) is 4.79 Å². The van der Waals surface area contributed by atoms with Crippen LogP contribution in [0.3, 0.4) is 0 Å². The fraction of sp³-hybridized carbons (Fsp3) is 0.353. The van der Waals surface area contributed by atoms with Crippen molar-refractivity contribution in [3.8, 4) is 5.88 Å². The third-order valence-electron chi connectivity index (χ3n) is 3.95. The monoisotopic (exact) mass is 366 g/mol. The average Bonchev–Trinajstić information content (AvgIpc) is 2.91.